The number of ether oxygens (including phenoxy) is 2. The predicted octanol–water partition coefficient (Wildman–Crippen LogP) is 1.77. The van der Waals surface area contributed by atoms with E-state index in [2.05, 4.69) is 4.99 Å². The molecule has 1 atom stereocenters. The van der Waals surface area contributed by atoms with Crippen molar-refractivity contribution in [1.29, 1.82) is 0 Å². The zero-order chi connectivity index (χ0) is 25.6. The summed E-state index contributed by atoms with van der Waals surface area (Å²) in [7, 11) is -2.69. The number of fused-ring (bicyclic) bond motifs is 1. The third-order valence-corrected chi connectivity index (χ3v) is 8.21. The Morgan fingerprint density at radius 3 is 2.66 bits per heavy atom. The molecule has 1 aliphatic rings. The summed E-state index contributed by atoms with van der Waals surface area (Å²) in [6.07, 6.45) is 2.69. The predicted molar refractivity (Wildman–Crippen MR) is 132 cm³/mol. The highest BCUT2D eigenvalue weighted by molar-refractivity contribution is 7.92. The van der Waals surface area contributed by atoms with Gasteiger partial charge in [-0.3, -0.25) is 9.59 Å². The fourth-order valence-electron chi connectivity index (χ4n) is 4.04. The molecule has 1 fully saturated rings. The van der Waals surface area contributed by atoms with Gasteiger partial charge in [0.15, 0.2) is 14.6 Å². The van der Waals surface area contributed by atoms with Gasteiger partial charge in [-0.1, -0.05) is 11.3 Å². The second-order valence-electron chi connectivity index (χ2n) is 8.38. The molecule has 2 heterocycles. The van der Waals surface area contributed by atoms with Crippen molar-refractivity contribution < 1.29 is 32.3 Å². The number of benzene rings is 1. The van der Waals surface area contributed by atoms with Crippen LogP contribution >= 0.6 is 11.3 Å². The van der Waals surface area contributed by atoms with E-state index in [1.54, 1.807) is 27.7 Å². The molecule has 0 bridgehead atoms. The van der Waals surface area contributed by atoms with E-state index >= 15 is 0 Å². The number of methoxy groups -OCH3 is 1. The molecule has 0 spiro atoms. The molecule has 12 heteroatoms. The van der Waals surface area contributed by atoms with Gasteiger partial charge in [-0.15, -0.1) is 0 Å². The second-order valence-corrected chi connectivity index (χ2v) is 11.5. The van der Waals surface area contributed by atoms with Gasteiger partial charge in [0, 0.05) is 25.7 Å². The molecule has 1 unspecified atom stereocenters. The lowest BCUT2D eigenvalue weighted by molar-refractivity contribution is -0.131. The molecular formula is C23H31N3O7S2. The largest absolute Gasteiger partial charge is 0.465 e. The normalized spacial score (nSPS) is 17.1. The van der Waals surface area contributed by atoms with Crippen LogP contribution < -0.4 is 4.80 Å². The van der Waals surface area contributed by atoms with Crippen molar-refractivity contribution in [1.82, 2.24) is 9.47 Å². The number of sulfone groups is 1. The first-order valence-corrected chi connectivity index (χ1v) is 14.2. The summed E-state index contributed by atoms with van der Waals surface area (Å²) in [5, 5.41) is 0. The highest BCUT2D eigenvalue weighted by Gasteiger charge is 2.28. The molecule has 192 valence electrons. The van der Waals surface area contributed by atoms with E-state index < -0.39 is 39.1 Å². The molecule has 3 rings (SSSR count). The van der Waals surface area contributed by atoms with E-state index in [1.807, 2.05) is 13.8 Å². The first kappa shape index (κ1) is 27.0. The number of thiazole rings is 1. The number of amides is 2. The third-order valence-electron chi connectivity index (χ3n) is 5.80. The van der Waals surface area contributed by atoms with Gasteiger partial charge in [0.25, 0.3) is 5.91 Å². The summed E-state index contributed by atoms with van der Waals surface area (Å²) in [5.41, 5.74) is 1.08. The molecule has 2 aromatic rings. The molecule has 35 heavy (non-hydrogen) atoms. The van der Waals surface area contributed by atoms with Crippen LogP contribution in [0.25, 0.3) is 10.2 Å². The summed E-state index contributed by atoms with van der Waals surface area (Å²) in [6.45, 7) is 5.56. The average Bonchev–Trinajstić information content (AvgIpc) is 3.14. The van der Waals surface area contributed by atoms with E-state index in [0.29, 0.717) is 36.6 Å². The number of hydrogen-bond acceptors (Lipinski definition) is 8. The number of nitrogens with zero attached hydrogens (tertiary/aromatic N) is 3. The van der Waals surface area contributed by atoms with Crippen LogP contribution in [0.1, 0.15) is 43.5 Å². The van der Waals surface area contributed by atoms with Gasteiger partial charge in [-0.2, -0.15) is 4.99 Å². The summed E-state index contributed by atoms with van der Waals surface area (Å²) in [6, 6.07) is 4.97. The van der Waals surface area contributed by atoms with Gasteiger partial charge < -0.3 is 18.9 Å². The highest BCUT2D eigenvalue weighted by Crippen LogP contribution is 2.20. The van der Waals surface area contributed by atoms with Crippen molar-refractivity contribution in [3.05, 3.63) is 28.6 Å². The van der Waals surface area contributed by atoms with E-state index in [0.717, 1.165) is 36.1 Å². The topological polar surface area (TPSA) is 124 Å². The summed E-state index contributed by atoms with van der Waals surface area (Å²) >= 11 is 1.16. The van der Waals surface area contributed by atoms with Crippen LogP contribution in [0.5, 0.6) is 0 Å². The van der Waals surface area contributed by atoms with E-state index in [1.165, 1.54) is 7.11 Å². The molecule has 0 N–H and O–H groups in total. The second kappa shape index (κ2) is 11.9. The summed E-state index contributed by atoms with van der Waals surface area (Å²) in [4.78, 5) is 43.0. The molecule has 1 aromatic carbocycles. The maximum Gasteiger partial charge on any atom is 0.337 e. The SMILES string of the molecule is CCOCCn1c(=NC(=O)CS(=O)(=O)CC(=O)N2CCCCC2C)sc2cc(C(=O)OC)ccc21. The van der Waals surface area contributed by atoms with Crippen molar-refractivity contribution in [3.8, 4) is 0 Å². The Hall–Kier alpha value is -2.57. The standard InChI is InChI=1S/C23H31N3O7S2/c1-4-33-12-11-26-18-9-8-17(22(29)32-3)13-19(18)34-23(26)24-20(27)14-35(30,31)15-21(28)25-10-6-5-7-16(25)2/h8-9,13,16H,4-7,10-12,14-15H2,1-3H3. The maximum absolute atomic E-state index is 12.6. The van der Waals surface area contributed by atoms with Crippen LogP contribution in [0.15, 0.2) is 23.2 Å². The van der Waals surface area contributed by atoms with Crippen molar-refractivity contribution in [2.75, 3.05) is 38.4 Å². The van der Waals surface area contributed by atoms with Gasteiger partial charge in [0.1, 0.15) is 11.5 Å². The first-order valence-electron chi connectivity index (χ1n) is 11.5. The monoisotopic (exact) mass is 525 g/mol. The summed E-state index contributed by atoms with van der Waals surface area (Å²) in [5.74, 6) is -3.38. The smallest absolute Gasteiger partial charge is 0.337 e. The number of likely N-dealkylation sites (tertiary alicyclic amines) is 1. The number of piperidine rings is 1. The van der Waals surface area contributed by atoms with Crippen LogP contribution in [0.3, 0.4) is 0 Å². The van der Waals surface area contributed by atoms with Crippen molar-refractivity contribution in [2.45, 2.75) is 45.7 Å². The zero-order valence-corrected chi connectivity index (χ0v) is 21.8. The fourth-order valence-corrected chi connectivity index (χ4v) is 6.24. The van der Waals surface area contributed by atoms with Gasteiger partial charge >= 0.3 is 5.97 Å². The molecule has 2 amide bonds. The van der Waals surface area contributed by atoms with Gasteiger partial charge in [0.05, 0.1) is 29.5 Å². The van der Waals surface area contributed by atoms with Crippen LogP contribution in [-0.4, -0.2) is 80.1 Å². The fraction of sp³-hybridized carbons (Fsp3) is 0.565. The molecule has 0 radical (unpaired) electrons. The number of hydrogen-bond donors (Lipinski definition) is 0. The van der Waals surface area contributed by atoms with Crippen molar-refractivity contribution >= 4 is 49.2 Å². The number of esters is 1. The van der Waals surface area contributed by atoms with Gasteiger partial charge in [0.2, 0.25) is 5.91 Å². The lowest BCUT2D eigenvalue weighted by Crippen LogP contribution is -2.45. The van der Waals surface area contributed by atoms with Crippen LogP contribution in [-0.2, 0) is 35.4 Å². The van der Waals surface area contributed by atoms with Gasteiger partial charge in [-0.25, -0.2) is 13.2 Å². The third kappa shape index (κ3) is 6.98. The lowest BCUT2D eigenvalue weighted by atomic mass is 10.0. The molecule has 1 aromatic heterocycles. The molecule has 1 saturated heterocycles. The minimum absolute atomic E-state index is 0.00966. The molecular weight excluding hydrogens is 494 g/mol. The molecule has 0 aliphatic carbocycles. The van der Waals surface area contributed by atoms with Crippen LogP contribution in [0, 0.1) is 0 Å². The Morgan fingerprint density at radius 1 is 1.20 bits per heavy atom. The number of aromatic nitrogens is 1. The average molecular weight is 526 g/mol. The lowest BCUT2D eigenvalue weighted by Gasteiger charge is -2.33. The Balaban J connectivity index is 1.84. The number of rotatable bonds is 9. The Labute approximate surface area is 208 Å². The van der Waals surface area contributed by atoms with Crippen molar-refractivity contribution in [3.63, 3.8) is 0 Å². The van der Waals surface area contributed by atoms with E-state index in [-0.39, 0.29) is 10.8 Å². The van der Waals surface area contributed by atoms with Crippen molar-refractivity contribution in [2.24, 2.45) is 4.99 Å². The quantitative estimate of drug-likeness (QED) is 0.361. The molecule has 1 aliphatic heterocycles. The Kier molecular flexibility index (Phi) is 9.20. The van der Waals surface area contributed by atoms with E-state index in [9.17, 15) is 22.8 Å². The minimum Gasteiger partial charge on any atom is -0.465 e. The van der Waals surface area contributed by atoms with Crippen LogP contribution in [0.2, 0.25) is 0 Å². The Bertz CT molecular complexity index is 1260. The maximum atomic E-state index is 12.6. The van der Waals surface area contributed by atoms with Crippen LogP contribution in [0.4, 0.5) is 0 Å². The molecule has 0 saturated carbocycles. The summed E-state index contributed by atoms with van der Waals surface area (Å²) < 4.78 is 37.9. The van der Waals surface area contributed by atoms with E-state index in [4.69, 9.17) is 9.47 Å². The number of carbonyl (C=O) groups excluding carboxylic acids is 3. The number of carbonyl (C=O) groups is 3. The Morgan fingerprint density at radius 2 is 1.97 bits per heavy atom. The van der Waals surface area contributed by atoms with Gasteiger partial charge in [-0.05, 0) is 51.3 Å². The molecule has 10 nitrogen and oxygen atoms in total. The highest BCUT2D eigenvalue weighted by atomic mass is 32.2. The minimum atomic E-state index is -3.98. The zero-order valence-electron chi connectivity index (χ0n) is 20.2. The first-order chi connectivity index (χ1) is 16.6.